The van der Waals surface area contributed by atoms with Crippen molar-refractivity contribution in [2.75, 3.05) is 0 Å². The van der Waals surface area contributed by atoms with Crippen LogP contribution in [0.15, 0.2) is 0 Å². The Bertz CT molecular complexity index is 455. The monoisotopic (exact) mass is 370 g/mol. The van der Waals surface area contributed by atoms with Gasteiger partial charge in [0.2, 0.25) is 0 Å². The van der Waals surface area contributed by atoms with E-state index in [4.69, 9.17) is 0 Å². The third kappa shape index (κ3) is 2.18. The first-order valence-electron chi connectivity index (χ1n) is 9.34. The number of halogens is 1. The highest BCUT2D eigenvalue weighted by atomic mass is 79.9. The third-order valence-electron chi connectivity index (χ3n) is 8.37. The molecule has 9 atom stereocenters. The summed E-state index contributed by atoms with van der Waals surface area (Å²) in [6, 6.07) is 0. The standard InChI is InChI=1S/C19H31BrO2/c1-18-5-4-14-17(15(18)9-12(20)10-18)16(22)8-11-7-13(21)3-6-19(11,14)2/h11-17,21-22H,3-10H2,1-2H3/t11-,12-,13+,14+,15+,16-,17-,18-,19+/m1/s1. The smallest absolute Gasteiger partial charge is 0.0577 e. The van der Waals surface area contributed by atoms with E-state index >= 15 is 0 Å². The molecule has 0 aromatic rings. The number of aliphatic hydroxyl groups excluding tert-OH is 2. The van der Waals surface area contributed by atoms with E-state index in [0.29, 0.717) is 39.3 Å². The molecule has 126 valence electrons. The zero-order valence-corrected chi connectivity index (χ0v) is 15.6. The van der Waals surface area contributed by atoms with Crippen LogP contribution in [-0.4, -0.2) is 27.2 Å². The maximum atomic E-state index is 11.0. The first kappa shape index (κ1) is 15.9. The largest absolute Gasteiger partial charge is 0.393 e. The maximum absolute atomic E-state index is 11.0. The lowest BCUT2D eigenvalue weighted by atomic mass is 9.44. The second-order valence-electron chi connectivity index (χ2n) is 9.45. The molecule has 0 aromatic heterocycles. The van der Waals surface area contributed by atoms with Crippen LogP contribution < -0.4 is 0 Å². The van der Waals surface area contributed by atoms with Gasteiger partial charge < -0.3 is 10.2 Å². The van der Waals surface area contributed by atoms with Crippen LogP contribution in [0.2, 0.25) is 0 Å². The van der Waals surface area contributed by atoms with Crippen LogP contribution in [0.1, 0.15) is 65.2 Å². The molecule has 22 heavy (non-hydrogen) atoms. The number of aliphatic hydroxyl groups is 2. The molecule has 4 saturated carbocycles. The van der Waals surface area contributed by atoms with Gasteiger partial charge in [-0.2, -0.15) is 0 Å². The molecule has 4 aliphatic carbocycles. The molecule has 4 rings (SSSR count). The second kappa shape index (κ2) is 5.20. The number of hydrogen-bond acceptors (Lipinski definition) is 2. The summed E-state index contributed by atoms with van der Waals surface area (Å²) in [5.74, 6) is 2.38. The van der Waals surface area contributed by atoms with Crippen molar-refractivity contribution in [2.45, 2.75) is 82.2 Å². The summed E-state index contributed by atoms with van der Waals surface area (Å²) in [7, 11) is 0. The SMILES string of the molecule is C[C@]12CC[C@H]3[C@@H]([C@H](O)C[C@H]4C[C@@H](O)CC[C@@]43C)[C@@H]1C[C@@H](Br)C2. The Balaban J connectivity index is 1.67. The van der Waals surface area contributed by atoms with Crippen molar-refractivity contribution in [3.63, 3.8) is 0 Å². The minimum absolute atomic E-state index is 0.130. The Kier molecular flexibility index (Phi) is 3.76. The van der Waals surface area contributed by atoms with Gasteiger partial charge in [0.15, 0.2) is 0 Å². The van der Waals surface area contributed by atoms with Crippen LogP contribution in [0.5, 0.6) is 0 Å². The molecule has 4 fully saturated rings. The lowest BCUT2D eigenvalue weighted by molar-refractivity contribution is -0.168. The molecule has 2 nitrogen and oxygen atoms in total. The first-order chi connectivity index (χ1) is 10.3. The van der Waals surface area contributed by atoms with Gasteiger partial charge in [0, 0.05) is 4.83 Å². The average Bonchev–Trinajstić information content (AvgIpc) is 2.75. The van der Waals surface area contributed by atoms with Crippen molar-refractivity contribution >= 4 is 15.9 Å². The Labute approximate surface area is 143 Å². The topological polar surface area (TPSA) is 40.5 Å². The predicted molar refractivity (Wildman–Crippen MR) is 91.8 cm³/mol. The molecular weight excluding hydrogens is 340 g/mol. The minimum Gasteiger partial charge on any atom is -0.393 e. The van der Waals surface area contributed by atoms with Gasteiger partial charge >= 0.3 is 0 Å². The summed E-state index contributed by atoms with van der Waals surface area (Å²) in [5, 5.41) is 21.1. The molecule has 0 spiro atoms. The van der Waals surface area contributed by atoms with Crippen LogP contribution in [0, 0.1) is 34.5 Å². The second-order valence-corrected chi connectivity index (χ2v) is 10.7. The molecule has 0 unspecified atom stereocenters. The Morgan fingerprint density at radius 3 is 2.50 bits per heavy atom. The van der Waals surface area contributed by atoms with Crippen LogP contribution in [-0.2, 0) is 0 Å². The molecule has 0 amide bonds. The van der Waals surface area contributed by atoms with E-state index in [1.54, 1.807) is 0 Å². The molecule has 3 heteroatoms. The predicted octanol–water partition coefficient (Wildman–Crippen LogP) is 4.12. The third-order valence-corrected chi connectivity index (χ3v) is 9.07. The fraction of sp³-hybridized carbons (Fsp3) is 1.00. The number of alkyl halides is 1. The van der Waals surface area contributed by atoms with E-state index in [2.05, 4.69) is 29.8 Å². The van der Waals surface area contributed by atoms with E-state index in [-0.39, 0.29) is 12.2 Å². The highest BCUT2D eigenvalue weighted by molar-refractivity contribution is 9.09. The Morgan fingerprint density at radius 1 is 0.955 bits per heavy atom. The summed E-state index contributed by atoms with van der Waals surface area (Å²) < 4.78 is 0. The summed E-state index contributed by atoms with van der Waals surface area (Å²) in [5.41, 5.74) is 0.794. The van der Waals surface area contributed by atoms with Crippen molar-refractivity contribution < 1.29 is 10.2 Å². The highest BCUT2D eigenvalue weighted by Crippen LogP contribution is 2.66. The van der Waals surface area contributed by atoms with Gasteiger partial charge in [-0.25, -0.2) is 0 Å². The summed E-state index contributed by atoms with van der Waals surface area (Å²) >= 11 is 3.88. The fourth-order valence-corrected chi connectivity index (χ4v) is 8.32. The molecule has 0 saturated heterocycles. The van der Waals surface area contributed by atoms with Crippen LogP contribution in [0.3, 0.4) is 0 Å². The normalized spacial score (nSPS) is 61.2. The van der Waals surface area contributed by atoms with Crippen LogP contribution in [0.4, 0.5) is 0 Å². The highest BCUT2D eigenvalue weighted by Gasteiger charge is 2.61. The van der Waals surface area contributed by atoms with E-state index in [9.17, 15) is 10.2 Å². The van der Waals surface area contributed by atoms with Crippen molar-refractivity contribution in [1.29, 1.82) is 0 Å². The molecule has 2 N–H and O–H groups in total. The number of rotatable bonds is 0. The van der Waals surface area contributed by atoms with Gasteiger partial charge in [-0.3, -0.25) is 0 Å². The van der Waals surface area contributed by atoms with E-state index in [0.717, 1.165) is 25.7 Å². The van der Waals surface area contributed by atoms with E-state index in [1.807, 2.05) is 0 Å². The van der Waals surface area contributed by atoms with Gasteiger partial charge in [-0.05, 0) is 85.9 Å². The van der Waals surface area contributed by atoms with Crippen molar-refractivity contribution in [3.05, 3.63) is 0 Å². The molecule has 0 bridgehead atoms. The van der Waals surface area contributed by atoms with Gasteiger partial charge in [0.05, 0.1) is 12.2 Å². The van der Waals surface area contributed by atoms with Gasteiger partial charge in [0.1, 0.15) is 0 Å². The quantitative estimate of drug-likeness (QED) is 0.629. The van der Waals surface area contributed by atoms with Gasteiger partial charge in [0.25, 0.3) is 0 Å². The zero-order valence-electron chi connectivity index (χ0n) is 14.0. The molecule has 0 aromatic carbocycles. The Morgan fingerprint density at radius 2 is 1.73 bits per heavy atom. The van der Waals surface area contributed by atoms with Crippen LogP contribution >= 0.6 is 15.9 Å². The molecule has 4 aliphatic rings. The summed E-state index contributed by atoms with van der Waals surface area (Å²) in [6.45, 7) is 4.96. The van der Waals surface area contributed by atoms with Gasteiger partial charge in [-0.1, -0.05) is 29.8 Å². The molecule has 0 radical (unpaired) electrons. The van der Waals surface area contributed by atoms with Crippen molar-refractivity contribution in [1.82, 2.24) is 0 Å². The summed E-state index contributed by atoms with van der Waals surface area (Å²) in [4.78, 5) is 0.646. The minimum atomic E-state index is -0.143. The zero-order chi connectivity index (χ0) is 15.7. The maximum Gasteiger partial charge on any atom is 0.0577 e. The van der Waals surface area contributed by atoms with Crippen molar-refractivity contribution in [3.8, 4) is 0 Å². The molecular formula is C19H31BrO2. The van der Waals surface area contributed by atoms with E-state index < -0.39 is 0 Å². The number of hydrogen-bond donors (Lipinski definition) is 2. The lowest BCUT2D eigenvalue weighted by Crippen LogP contribution is -2.57. The fourth-order valence-electron chi connectivity index (χ4n) is 7.17. The van der Waals surface area contributed by atoms with Crippen molar-refractivity contribution in [2.24, 2.45) is 34.5 Å². The molecule has 0 heterocycles. The Hall–Kier alpha value is 0.400. The number of fused-ring (bicyclic) bond motifs is 5. The average molecular weight is 371 g/mol. The van der Waals surface area contributed by atoms with Crippen LogP contribution in [0.25, 0.3) is 0 Å². The van der Waals surface area contributed by atoms with Gasteiger partial charge in [-0.15, -0.1) is 0 Å². The molecule has 0 aliphatic heterocycles. The lowest BCUT2D eigenvalue weighted by Gasteiger charge is -2.61. The summed E-state index contributed by atoms with van der Waals surface area (Å²) in [6.07, 6.45) is 8.85. The van der Waals surface area contributed by atoms with E-state index in [1.165, 1.54) is 25.7 Å². The first-order valence-corrected chi connectivity index (χ1v) is 10.3.